The largest absolute Gasteiger partial charge is 0.490 e. The topological polar surface area (TPSA) is 71.3 Å². The summed E-state index contributed by atoms with van der Waals surface area (Å²) in [6.07, 6.45) is 3.30. The van der Waals surface area contributed by atoms with Gasteiger partial charge in [-0.2, -0.15) is 11.8 Å². The number of halogens is 2. The summed E-state index contributed by atoms with van der Waals surface area (Å²) in [7, 11) is 0. The number of nitrogens with zero attached hydrogens (tertiary/aromatic N) is 1. The molecule has 1 saturated heterocycles. The zero-order valence-electron chi connectivity index (χ0n) is 15.2. The highest BCUT2D eigenvalue weighted by Gasteiger charge is 2.21. The van der Waals surface area contributed by atoms with Gasteiger partial charge in [-0.15, -0.1) is 24.8 Å². The maximum Gasteiger partial charge on any atom is 0.252 e. The lowest BCUT2D eigenvalue weighted by atomic mass is 10.0. The number of rotatable bonds is 4. The van der Waals surface area contributed by atoms with Crippen LogP contribution in [-0.2, 0) is 12.2 Å². The Bertz CT molecular complexity index is 822. The molecule has 1 aromatic carbocycles. The van der Waals surface area contributed by atoms with Gasteiger partial charge in [0.2, 0.25) is 0 Å². The number of fused-ring (bicyclic) bond motifs is 3. The SMILES string of the molecule is Cl.Cl.NCCN1CCC(Oc2ccc3[nH]c(=O)c4c(c3c2)CCSC4)CC1. The summed E-state index contributed by atoms with van der Waals surface area (Å²) in [6, 6.07) is 6.08. The zero-order valence-corrected chi connectivity index (χ0v) is 17.7. The Morgan fingerprint density at radius 2 is 2.00 bits per heavy atom. The standard InChI is InChI=1S/C19H25N3O2S.2ClH/c20-6-9-22-7-3-13(4-8-22)24-14-1-2-18-16(11-14)15-5-10-25-12-17(15)19(23)21-18;;/h1-2,11,13H,3-10,12,20H2,(H,21,23);2*1H. The van der Waals surface area contributed by atoms with Gasteiger partial charge in [-0.25, -0.2) is 0 Å². The van der Waals surface area contributed by atoms with Crippen molar-refractivity contribution in [3.8, 4) is 5.75 Å². The van der Waals surface area contributed by atoms with Crippen molar-refractivity contribution in [1.82, 2.24) is 9.88 Å². The second kappa shape index (κ2) is 10.0. The Morgan fingerprint density at radius 1 is 1.22 bits per heavy atom. The highest BCUT2D eigenvalue weighted by molar-refractivity contribution is 7.98. The van der Waals surface area contributed by atoms with E-state index in [0.717, 1.165) is 79.2 Å². The van der Waals surface area contributed by atoms with Gasteiger partial charge >= 0.3 is 0 Å². The van der Waals surface area contributed by atoms with Crippen molar-refractivity contribution in [2.75, 3.05) is 31.9 Å². The molecule has 2 aliphatic rings. The van der Waals surface area contributed by atoms with E-state index in [2.05, 4.69) is 16.0 Å². The molecule has 2 aliphatic heterocycles. The van der Waals surface area contributed by atoms with Crippen LogP contribution in [0.4, 0.5) is 0 Å². The van der Waals surface area contributed by atoms with Crippen molar-refractivity contribution in [3.05, 3.63) is 39.7 Å². The van der Waals surface area contributed by atoms with Crippen LogP contribution in [0.5, 0.6) is 5.75 Å². The monoisotopic (exact) mass is 431 g/mol. The Hall–Kier alpha value is -0.920. The highest BCUT2D eigenvalue weighted by Crippen LogP contribution is 2.30. The smallest absolute Gasteiger partial charge is 0.252 e. The molecule has 0 radical (unpaired) electrons. The van der Waals surface area contributed by atoms with E-state index in [4.69, 9.17) is 10.5 Å². The summed E-state index contributed by atoms with van der Waals surface area (Å²) < 4.78 is 6.26. The lowest BCUT2D eigenvalue weighted by molar-refractivity contribution is 0.102. The van der Waals surface area contributed by atoms with Gasteiger partial charge in [0.1, 0.15) is 11.9 Å². The second-order valence-electron chi connectivity index (χ2n) is 6.87. The van der Waals surface area contributed by atoms with E-state index < -0.39 is 0 Å². The molecule has 4 rings (SSSR count). The Balaban J connectivity index is 0.00000131. The first-order chi connectivity index (χ1) is 12.2. The third kappa shape index (κ3) is 4.93. The molecular formula is C19H27Cl2N3O2S. The lowest BCUT2D eigenvalue weighted by Gasteiger charge is -2.31. The summed E-state index contributed by atoms with van der Waals surface area (Å²) in [5, 5.41) is 1.15. The number of thioether (sulfide) groups is 1. The van der Waals surface area contributed by atoms with Gasteiger partial charge in [-0.3, -0.25) is 4.79 Å². The summed E-state index contributed by atoms with van der Waals surface area (Å²) in [4.78, 5) is 17.7. The van der Waals surface area contributed by atoms with Crippen LogP contribution >= 0.6 is 36.6 Å². The van der Waals surface area contributed by atoms with Crippen LogP contribution in [-0.4, -0.2) is 47.9 Å². The molecule has 0 bridgehead atoms. The van der Waals surface area contributed by atoms with E-state index in [1.165, 1.54) is 5.56 Å². The van der Waals surface area contributed by atoms with E-state index in [1.54, 1.807) is 0 Å². The minimum absolute atomic E-state index is 0. The van der Waals surface area contributed by atoms with Gasteiger partial charge in [-0.1, -0.05) is 0 Å². The molecule has 0 atom stereocenters. The third-order valence-corrected chi connectivity index (χ3v) is 6.21. The first-order valence-corrected chi connectivity index (χ1v) is 10.2. The Kier molecular flexibility index (Phi) is 8.31. The quantitative estimate of drug-likeness (QED) is 0.778. The third-order valence-electron chi connectivity index (χ3n) is 5.23. The van der Waals surface area contributed by atoms with Crippen molar-refractivity contribution in [2.45, 2.75) is 31.1 Å². The van der Waals surface area contributed by atoms with Gasteiger partial charge in [-0.05, 0) is 48.8 Å². The Morgan fingerprint density at radius 3 is 2.74 bits per heavy atom. The first kappa shape index (κ1) is 22.4. The number of piperidine rings is 1. The van der Waals surface area contributed by atoms with Gasteiger partial charge in [0, 0.05) is 48.4 Å². The minimum Gasteiger partial charge on any atom is -0.490 e. The molecule has 150 valence electrons. The number of pyridine rings is 1. The van der Waals surface area contributed by atoms with Gasteiger partial charge in [0.15, 0.2) is 0 Å². The molecule has 0 spiro atoms. The van der Waals surface area contributed by atoms with Crippen LogP contribution in [0.1, 0.15) is 24.0 Å². The number of H-pyrrole nitrogens is 1. The number of benzene rings is 1. The number of aryl methyl sites for hydroxylation is 1. The van der Waals surface area contributed by atoms with Crippen molar-refractivity contribution in [2.24, 2.45) is 5.73 Å². The summed E-state index contributed by atoms with van der Waals surface area (Å²) >= 11 is 1.83. The van der Waals surface area contributed by atoms with Gasteiger partial charge < -0.3 is 20.4 Å². The van der Waals surface area contributed by atoms with Gasteiger partial charge in [0.05, 0.1) is 0 Å². The van der Waals surface area contributed by atoms with E-state index in [-0.39, 0.29) is 36.5 Å². The molecule has 1 fully saturated rings. The fourth-order valence-corrected chi connectivity index (χ4v) is 4.87. The molecule has 8 heteroatoms. The zero-order chi connectivity index (χ0) is 17.2. The normalized spacial score (nSPS) is 17.7. The molecular weight excluding hydrogens is 405 g/mol. The number of aromatic nitrogens is 1. The average molecular weight is 432 g/mol. The molecule has 3 N–H and O–H groups in total. The summed E-state index contributed by atoms with van der Waals surface area (Å²) in [6.45, 7) is 3.79. The number of likely N-dealkylation sites (tertiary alicyclic amines) is 1. The first-order valence-electron chi connectivity index (χ1n) is 9.09. The molecule has 27 heavy (non-hydrogen) atoms. The fraction of sp³-hybridized carbons (Fsp3) is 0.526. The molecule has 5 nitrogen and oxygen atoms in total. The molecule has 0 amide bonds. The van der Waals surface area contributed by atoms with Crippen molar-refractivity contribution in [3.63, 3.8) is 0 Å². The number of hydrogen-bond acceptors (Lipinski definition) is 5. The number of aromatic amines is 1. The minimum atomic E-state index is 0. The fourth-order valence-electron chi connectivity index (χ4n) is 3.87. The molecule has 0 aliphatic carbocycles. The molecule has 1 aromatic heterocycles. The number of hydrogen-bond donors (Lipinski definition) is 2. The number of ether oxygens (including phenoxy) is 1. The van der Waals surface area contributed by atoms with Crippen LogP contribution < -0.4 is 16.0 Å². The maximum absolute atomic E-state index is 12.2. The number of nitrogens with two attached hydrogens (primary N) is 1. The van der Waals surface area contributed by atoms with Gasteiger partial charge in [0.25, 0.3) is 5.56 Å². The van der Waals surface area contributed by atoms with Crippen molar-refractivity contribution in [1.29, 1.82) is 0 Å². The predicted molar refractivity (Wildman–Crippen MR) is 118 cm³/mol. The lowest BCUT2D eigenvalue weighted by Crippen LogP contribution is -2.40. The molecule has 2 aromatic rings. The van der Waals surface area contributed by atoms with E-state index in [0.29, 0.717) is 0 Å². The van der Waals surface area contributed by atoms with E-state index >= 15 is 0 Å². The highest BCUT2D eigenvalue weighted by atomic mass is 35.5. The van der Waals surface area contributed by atoms with Crippen LogP contribution in [0.15, 0.2) is 23.0 Å². The van der Waals surface area contributed by atoms with E-state index in [1.807, 2.05) is 23.9 Å². The summed E-state index contributed by atoms with van der Waals surface area (Å²) in [5.74, 6) is 2.80. The van der Waals surface area contributed by atoms with Crippen molar-refractivity contribution < 1.29 is 4.74 Å². The maximum atomic E-state index is 12.2. The summed E-state index contributed by atoms with van der Waals surface area (Å²) in [5.41, 5.74) is 8.77. The predicted octanol–water partition coefficient (Wildman–Crippen LogP) is 2.96. The Labute approximate surface area is 176 Å². The van der Waals surface area contributed by atoms with Crippen molar-refractivity contribution >= 4 is 47.5 Å². The molecule has 0 unspecified atom stereocenters. The average Bonchev–Trinajstić information content (AvgIpc) is 2.64. The second-order valence-corrected chi connectivity index (χ2v) is 7.97. The number of nitrogens with one attached hydrogen (secondary N) is 1. The van der Waals surface area contributed by atoms with E-state index in [9.17, 15) is 4.79 Å². The molecule has 3 heterocycles. The van der Waals surface area contributed by atoms with Crippen LogP contribution in [0.2, 0.25) is 0 Å². The van der Waals surface area contributed by atoms with Crippen LogP contribution in [0.25, 0.3) is 10.9 Å². The molecule has 0 saturated carbocycles. The van der Waals surface area contributed by atoms with Crippen LogP contribution in [0, 0.1) is 0 Å². The van der Waals surface area contributed by atoms with Crippen LogP contribution in [0.3, 0.4) is 0 Å².